The van der Waals surface area contributed by atoms with E-state index < -0.39 is 21.5 Å². The zero-order chi connectivity index (χ0) is 12.2. The Balaban J connectivity index is 2.90. The molecular formula is C10H14N2O3S. The Kier molecular flexibility index (Phi) is 3.89. The van der Waals surface area contributed by atoms with Gasteiger partial charge in [-0.1, -0.05) is 6.07 Å². The van der Waals surface area contributed by atoms with Gasteiger partial charge in [0, 0.05) is 12.2 Å². The molecule has 0 saturated heterocycles. The average molecular weight is 242 g/mol. The van der Waals surface area contributed by atoms with Crippen molar-refractivity contribution in [3.63, 3.8) is 0 Å². The number of nitrogens with two attached hydrogens (primary N) is 1. The first-order chi connectivity index (χ1) is 7.45. The van der Waals surface area contributed by atoms with E-state index in [0.717, 1.165) is 0 Å². The molecule has 0 unspecified atom stereocenters. The van der Waals surface area contributed by atoms with Gasteiger partial charge < -0.3 is 11.1 Å². The number of amides is 1. The van der Waals surface area contributed by atoms with Gasteiger partial charge in [0.05, 0.1) is 4.90 Å². The average Bonchev–Trinajstić information content (AvgIpc) is 2.17. The van der Waals surface area contributed by atoms with Crippen LogP contribution in [0.15, 0.2) is 29.2 Å². The highest BCUT2D eigenvalue weighted by atomic mass is 32.2. The highest BCUT2D eigenvalue weighted by Gasteiger charge is 2.18. The van der Waals surface area contributed by atoms with Crippen LogP contribution in [0, 0.1) is 0 Å². The van der Waals surface area contributed by atoms with E-state index in [2.05, 4.69) is 5.32 Å². The minimum absolute atomic E-state index is 0.0683. The van der Waals surface area contributed by atoms with Crippen molar-refractivity contribution < 1.29 is 13.2 Å². The maximum absolute atomic E-state index is 11.8. The molecule has 0 saturated carbocycles. The standard InChI is InChI=1S/C10H14N2O3S/c1-2-12-10(13)7-16(14,15)9-5-3-4-8(11)6-9/h3-6H,2,7,11H2,1H3,(H,12,13). The van der Waals surface area contributed by atoms with Crippen LogP contribution >= 0.6 is 0 Å². The fourth-order valence-electron chi connectivity index (χ4n) is 1.21. The normalized spacial score (nSPS) is 11.1. The van der Waals surface area contributed by atoms with E-state index in [1.54, 1.807) is 19.1 Å². The van der Waals surface area contributed by atoms with Crippen molar-refractivity contribution in [1.82, 2.24) is 5.32 Å². The molecule has 1 rings (SSSR count). The summed E-state index contributed by atoms with van der Waals surface area (Å²) in [4.78, 5) is 11.3. The third-order valence-corrected chi connectivity index (χ3v) is 3.53. The quantitative estimate of drug-likeness (QED) is 0.737. The van der Waals surface area contributed by atoms with Gasteiger partial charge in [0.25, 0.3) is 0 Å². The van der Waals surface area contributed by atoms with Crippen molar-refractivity contribution in [2.24, 2.45) is 0 Å². The second-order valence-corrected chi connectivity index (χ2v) is 5.27. The molecule has 0 aliphatic rings. The van der Waals surface area contributed by atoms with Crippen molar-refractivity contribution in [2.45, 2.75) is 11.8 Å². The van der Waals surface area contributed by atoms with Gasteiger partial charge in [-0.05, 0) is 25.1 Å². The highest BCUT2D eigenvalue weighted by molar-refractivity contribution is 7.92. The van der Waals surface area contributed by atoms with Crippen molar-refractivity contribution in [1.29, 1.82) is 0 Å². The van der Waals surface area contributed by atoms with Gasteiger partial charge >= 0.3 is 0 Å². The van der Waals surface area contributed by atoms with Gasteiger partial charge in [0.2, 0.25) is 5.91 Å². The van der Waals surface area contributed by atoms with Gasteiger partial charge in [0.15, 0.2) is 9.84 Å². The molecule has 0 atom stereocenters. The van der Waals surface area contributed by atoms with Crippen molar-refractivity contribution >= 4 is 21.4 Å². The van der Waals surface area contributed by atoms with Crippen LogP contribution in [0.4, 0.5) is 5.69 Å². The van der Waals surface area contributed by atoms with Crippen molar-refractivity contribution in [2.75, 3.05) is 18.0 Å². The van der Waals surface area contributed by atoms with Gasteiger partial charge in [-0.25, -0.2) is 8.42 Å². The molecule has 1 amide bonds. The Labute approximate surface area is 94.6 Å². The van der Waals surface area contributed by atoms with E-state index in [0.29, 0.717) is 12.2 Å². The Bertz CT molecular complexity index is 483. The summed E-state index contributed by atoms with van der Waals surface area (Å²) in [6, 6.07) is 5.89. The van der Waals surface area contributed by atoms with E-state index in [1.807, 2.05) is 0 Å². The maximum atomic E-state index is 11.8. The minimum Gasteiger partial charge on any atom is -0.399 e. The lowest BCUT2D eigenvalue weighted by Gasteiger charge is -2.05. The lowest BCUT2D eigenvalue weighted by molar-refractivity contribution is -0.118. The summed E-state index contributed by atoms with van der Waals surface area (Å²) in [5.74, 6) is -1.06. The fraction of sp³-hybridized carbons (Fsp3) is 0.300. The van der Waals surface area contributed by atoms with Crippen LogP contribution < -0.4 is 11.1 Å². The zero-order valence-corrected chi connectivity index (χ0v) is 9.75. The Morgan fingerprint density at radius 3 is 2.69 bits per heavy atom. The Morgan fingerprint density at radius 1 is 1.44 bits per heavy atom. The summed E-state index contributed by atoms with van der Waals surface area (Å²) in [6.07, 6.45) is 0. The summed E-state index contributed by atoms with van der Waals surface area (Å²) < 4.78 is 23.5. The first-order valence-electron chi connectivity index (χ1n) is 4.80. The molecule has 0 aliphatic carbocycles. The molecule has 1 aromatic rings. The van der Waals surface area contributed by atoms with Crippen LogP contribution in [0.2, 0.25) is 0 Å². The number of anilines is 1. The molecule has 0 spiro atoms. The SMILES string of the molecule is CCNC(=O)CS(=O)(=O)c1cccc(N)c1. The third kappa shape index (κ3) is 3.23. The second-order valence-electron chi connectivity index (χ2n) is 3.29. The molecule has 0 bridgehead atoms. The van der Waals surface area contributed by atoms with E-state index >= 15 is 0 Å². The Morgan fingerprint density at radius 2 is 2.12 bits per heavy atom. The fourth-order valence-corrected chi connectivity index (χ4v) is 2.43. The topological polar surface area (TPSA) is 89.3 Å². The first-order valence-corrected chi connectivity index (χ1v) is 6.46. The van der Waals surface area contributed by atoms with E-state index in [4.69, 9.17) is 5.73 Å². The molecule has 3 N–H and O–H groups in total. The van der Waals surface area contributed by atoms with Crippen LogP contribution in [0.1, 0.15) is 6.92 Å². The first kappa shape index (κ1) is 12.5. The smallest absolute Gasteiger partial charge is 0.235 e. The summed E-state index contributed by atoms with van der Waals surface area (Å²) in [6.45, 7) is 2.14. The highest BCUT2D eigenvalue weighted by Crippen LogP contribution is 2.14. The summed E-state index contributed by atoms with van der Waals surface area (Å²) in [5.41, 5.74) is 5.84. The second kappa shape index (κ2) is 4.98. The molecule has 1 aromatic carbocycles. The zero-order valence-electron chi connectivity index (χ0n) is 8.93. The summed E-state index contributed by atoms with van der Waals surface area (Å²) in [5, 5.41) is 2.44. The molecule has 0 radical (unpaired) electrons. The summed E-state index contributed by atoms with van der Waals surface area (Å²) >= 11 is 0. The van der Waals surface area contributed by atoms with Gasteiger partial charge in [-0.15, -0.1) is 0 Å². The van der Waals surface area contributed by atoms with E-state index in [1.165, 1.54) is 12.1 Å². The maximum Gasteiger partial charge on any atom is 0.235 e. The molecule has 5 nitrogen and oxygen atoms in total. The molecule has 88 valence electrons. The van der Waals surface area contributed by atoms with Crippen LogP contribution in [0.5, 0.6) is 0 Å². The molecule has 0 aromatic heterocycles. The molecule has 0 fully saturated rings. The largest absolute Gasteiger partial charge is 0.399 e. The van der Waals surface area contributed by atoms with Crippen LogP contribution in [0.3, 0.4) is 0 Å². The van der Waals surface area contributed by atoms with Gasteiger partial charge in [-0.2, -0.15) is 0 Å². The van der Waals surface area contributed by atoms with Crippen molar-refractivity contribution in [3.05, 3.63) is 24.3 Å². The van der Waals surface area contributed by atoms with Crippen LogP contribution in [0.25, 0.3) is 0 Å². The third-order valence-electron chi connectivity index (χ3n) is 1.91. The molecule has 0 aliphatic heterocycles. The lowest BCUT2D eigenvalue weighted by atomic mass is 10.3. The molecule has 6 heteroatoms. The van der Waals surface area contributed by atoms with E-state index in [-0.39, 0.29) is 4.90 Å². The number of nitrogens with one attached hydrogen (secondary N) is 1. The number of hydrogen-bond donors (Lipinski definition) is 2. The predicted octanol–water partition coefficient (Wildman–Crippen LogP) is 0.179. The number of carbonyl (C=O) groups excluding carboxylic acids is 1. The minimum atomic E-state index is -3.60. The predicted molar refractivity (Wildman–Crippen MR) is 61.6 cm³/mol. The van der Waals surface area contributed by atoms with Crippen LogP contribution in [-0.4, -0.2) is 26.6 Å². The number of hydrogen-bond acceptors (Lipinski definition) is 4. The van der Waals surface area contributed by atoms with Crippen molar-refractivity contribution in [3.8, 4) is 0 Å². The number of carbonyl (C=O) groups is 1. The molecule has 16 heavy (non-hydrogen) atoms. The lowest BCUT2D eigenvalue weighted by Crippen LogP contribution is -2.30. The monoisotopic (exact) mass is 242 g/mol. The number of nitrogen functional groups attached to an aromatic ring is 1. The molecular weight excluding hydrogens is 228 g/mol. The Hall–Kier alpha value is -1.56. The van der Waals surface area contributed by atoms with Gasteiger partial charge in [-0.3, -0.25) is 4.79 Å². The summed E-state index contributed by atoms with van der Waals surface area (Å²) in [7, 11) is -3.60. The van der Waals surface area contributed by atoms with E-state index in [9.17, 15) is 13.2 Å². The van der Waals surface area contributed by atoms with Gasteiger partial charge in [0.1, 0.15) is 5.75 Å². The number of sulfone groups is 1. The number of benzene rings is 1. The number of rotatable bonds is 4. The van der Waals surface area contributed by atoms with Crippen LogP contribution in [-0.2, 0) is 14.6 Å². The molecule has 0 heterocycles.